The lowest BCUT2D eigenvalue weighted by molar-refractivity contribution is 0.658. The van der Waals surface area contributed by atoms with Crippen LogP contribution in [-0.2, 0) is 0 Å². The smallest absolute Gasteiger partial charge is 0.177 e. The Labute approximate surface area is 84.8 Å². The predicted molar refractivity (Wildman–Crippen MR) is 58.3 cm³/mol. The first-order chi connectivity index (χ1) is 6.22. The number of fused-ring (bicyclic) bond motifs is 1. The van der Waals surface area contributed by atoms with Crippen molar-refractivity contribution in [1.82, 2.24) is 0 Å². The van der Waals surface area contributed by atoms with E-state index in [2.05, 4.69) is 6.07 Å². The van der Waals surface area contributed by atoms with Crippen LogP contribution in [-0.4, -0.2) is 6.26 Å². The summed E-state index contributed by atoms with van der Waals surface area (Å²) in [6, 6.07) is 5.66. The molecule has 0 unspecified atom stereocenters. The van der Waals surface area contributed by atoms with Crippen molar-refractivity contribution in [2.75, 3.05) is 6.26 Å². The molecule has 0 aliphatic rings. The first kappa shape index (κ1) is 9.03. The Morgan fingerprint density at radius 1 is 1.38 bits per heavy atom. The standard InChI is InChI=1S/C10H9FS2/c1-6-7-5-10(11)13-9(7)4-3-8(6)12-2/h3-5H,1-2H3. The van der Waals surface area contributed by atoms with Gasteiger partial charge < -0.3 is 0 Å². The van der Waals surface area contributed by atoms with Gasteiger partial charge in [-0.2, -0.15) is 4.39 Å². The Morgan fingerprint density at radius 2 is 2.15 bits per heavy atom. The SMILES string of the molecule is CSc1ccc2sc(F)cc2c1C. The molecule has 0 aliphatic carbocycles. The van der Waals surface area contributed by atoms with Crippen LogP contribution in [0.25, 0.3) is 10.1 Å². The highest BCUT2D eigenvalue weighted by molar-refractivity contribution is 7.98. The number of thiophene rings is 1. The normalized spacial score (nSPS) is 11.0. The summed E-state index contributed by atoms with van der Waals surface area (Å²) in [7, 11) is 0. The van der Waals surface area contributed by atoms with E-state index in [4.69, 9.17) is 0 Å². The van der Waals surface area contributed by atoms with Gasteiger partial charge in [0, 0.05) is 9.60 Å². The van der Waals surface area contributed by atoms with Crippen LogP contribution < -0.4 is 0 Å². The van der Waals surface area contributed by atoms with Crippen LogP contribution in [0, 0.1) is 12.1 Å². The molecule has 0 spiro atoms. The average molecular weight is 212 g/mol. The fraction of sp³-hybridized carbons (Fsp3) is 0.200. The number of aryl methyl sites for hydroxylation is 1. The van der Waals surface area contributed by atoms with Gasteiger partial charge in [0.2, 0.25) is 0 Å². The van der Waals surface area contributed by atoms with Gasteiger partial charge in [0.1, 0.15) is 0 Å². The van der Waals surface area contributed by atoms with Crippen LogP contribution in [0.5, 0.6) is 0 Å². The summed E-state index contributed by atoms with van der Waals surface area (Å²) in [6.45, 7) is 2.04. The Hall–Kier alpha value is -0.540. The third-order valence-electron chi connectivity index (χ3n) is 2.11. The van der Waals surface area contributed by atoms with E-state index in [9.17, 15) is 4.39 Å². The lowest BCUT2D eigenvalue weighted by atomic mass is 10.1. The van der Waals surface area contributed by atoms with Crippen LogP contribution in [0.15, 0.2) is 23.1 Å². The molecule has 0 N–H and O–H groups in total. The van der Waals surface area contributed by atoms with E-state index in [1.807, 2.05) is 19.2 Å². The molecule has 0 saturated carbocycles. The lowest BCUT2D eigenvalue weighted by Crippen LogP contribution is -1.77. The second kappa shape index (κ2) is 3.31. The van der Waals surface area contributed by atoms with Gasteiger partial charge in [0.15, 0.2) is 5.13 Å². The first-order valence-electron chi connectivity index (χ1n) is 3.95. The number of thioether (sulfide) groups is 1. The summed E-state index contributed by atoms with van der Waals surface area (Å²) in [5, 5.41) is 0.950. The Morgan fingerprint density at radius 3 is 2.85 bits per heavy atom. The zero-order valence-electron chi connectivity index (χ0n) is 7.43. The Kier molecular flexibility index (Phi) is 2.30. The second-order valence-corrected chi connectivity index (χ2v) is 4.74. The van der Waals surface area contributed by atoms with Crippen molar-refractivity contribution in [2.45, 2.75) is 11.8 Å². The van der Waals surface area contributed by atoms with Crippen LogP contribution in [0.2, 0.25) is 0 Å². The molecule has 0 bridgehead atoms. The van der Waals surface area contributed by atoms with Crippen LogP contribution in [0.1, 0.15) is 5.56 Å². The Bertz CT molecular complexity index is 445. The van der Waals surface area contributed by atoms with Gasteiger partial charge in [-0.15, -0.1) is 23.1 Å². The van der Waals surface area contributed by atoms with E-state index in [1.54, 1.807) is 17.8 Å². The molecular weight excluding hydrogens is 203 g/mol. The highest BCUT2D eigenvalue weighted by Crippen LogP contribution is 2.32. The third-order valence-corrected chi connectivity index (χ3v) is 3.88. The fourth-order valence-electron chi connectivity index (χ4n) is 1.42. The Balaban J connectivity index is 2.78. The molecule has 0 nitrogen and oxygen atoms in total. The van der Waals surface area contributed by atoms with E-state index in [1.165, 1.54) is 21.8 Å². The zero-order chi connectivity index (χ0) is 9.42. The van der Waals surface area contributed by atoms with Gasteiger partial charge in [-0.25, -0.2) is 0 Å². The number of benzene rings is 1. The summed E-state index contributed by atoms with van der Waals surface area (Å²) in [5.41, 5.74) is 1.19. The van der Waals surface area contributed by atoms with Crippen molar-refractivity contribution in [1.29, 1.82) is 0 Å². The molecule has 13 heavy (non-hydrogen) atoms. The summed E-state index contributed by atoms with van der Waals surface area (Å²) in [5.74, 6) is 0. The molecule has 0 fully saturated rings. The van der Waals surface area contributed by atoms with E-state index in [0.717, 1.165) is 10.1 Å². The van der Waals surface area contributed by atoms with Crippen molar-refractivity contribution in [3.8, 4) is 0 Å². The highest BCUT2D eigenvalue weighted by Gasteiger charge is 2.06. The molecule has 2 rings (SSSR count). The van der Waals surface area contributed by atoms with Crippen molar-refractivity contribution in [2.24, 2.45) is 0 Å². The highest BCUT2D eigenvalue weighted by atomic mass is 32.2. The van der Waals surface area contributed by atoms with Crippen molar-refractivity contribution in [3.63, 3.8) is 0 Å². The largest absolute Gasteiger partial charge is 0.195 e. The minimum Gasteiger partial charge on any atom is -0.195 e. The molecule has 0 radical (unpaired) electrons. The van der Waals surface area contributed by atoms with Gasteiger partial charge >= 0.3 is 0 Å². The molecule has 1 heterocycles. The van der Waals surface area contributed by atoms with Gasteiger partial charge in [-0.1, -0.05) is 0 Å². The van der Waals surface area contributed by atoms with E-state index >= 15 is 0 Å². The minimum absolute atomic E-state index is 0.101. The van der Waals surface area contributed by atoms with Crippen molar-refractivity contribution >= 4 is 33.2 Å². The number of hydrogen-bond acceptors (Lipinski definition) is 2. The first-order valence-corrected chi connectivity index (χ1v) is 5.99. The van der Waals surface area contributed by atoms with Crippen molar-refractivity contribution < 1.29 is 4.39 Å². The van der Waals surface area contributed by atoms with Crippen LogP contribution in [0.3, 0.4) is 0 Å². The van der Waals surface area contributed by atoms with Gasteiger partial charge in [-0.05, 0) is 42.3 Å². The summed E-state index contributed by atoms with van der Waals surface area (Å²) < 4.78 is 14.0. The molecule has 1 aromatic carbocycles. The molecule has 0 aliphatic heterocycles. The molecular formula is C10H9FS2. The molecule has 0 saturated heterocycles. The summed E-state index contributed by atoms with van der Waals surface area (Å²) in [6.07, 6.45) is 2.04. The molecule has 0 amide bonds. The zero-order valence-corrected chi connectivity index (χ0v) is 9.06. The molecule has 68 valence electrons. The van der Waals surface area contributed by atoms with E-state index in [0.29, 0.717) is 0 Å². The van der Waals surface area contributed by atoms with Gasteiger partial charge in [0.05, 0.1) is 0 Å². The number of hydrogen-bond donors (Lipinski definition) is 0. The van der Waals surface area contributed by atoms with Gasteiger partial charge in [-0.3, -0.25) is 0 Å². The van der Waals surface area contributed by atoms with Crippen LogP contribution in [0.4, 0.5) is 4.39 Å². The number of halogens is 1. The molecule has 3 heteroatoms. The monoisotopic (exact) mass is 212 g/mol. The predicted octanol–water partition coefficient (Wildman–Crippen LogP) is 4.07. The van der Waals surface area contributed by atoms with Crippen molar-refractivity contribution in [3.05, 3.63) is 28.9 Å². The molecule has 0 atom stereocenters. The second-order valence-electron chi connectivity index (χ2n) is 2.86. The third kappa shape index (κ3) is 1.46. The maximum Gasteiger partial charge on any atom is 0.177 e. The topological polar surface area (TPSA) is 0 Å². The maximum absolute atomic E-state index is 12.9. The lowest BCUT2D eigenvalue weighted by Gasteiger charge is -2.02. The van der Waals surface area contributed by atoms with E-state index < -0.39 is 0 Å². The molecule has 2 aromatic rings. The minimum atomic E-state index is -0.101. The maximum atomic E-state index is 12.9. The summed E-state index contributed by atoms with van der Waals surface area (Å²) in [4.78, 5) is 1.23. The number of rotatable bonds is 1. The fourth-order valence-corrected chi connectivity index (χ4v) is 2.89. The summed E-state index contributed by atoms with van der Waals surface area (Å²) >= 11 is 2.91. The van der Waals surface area contributed by atoms with Crippen LogP contribution >= 0.6 is 23.1 Å². The quantitative estimate of drug-likeness (QED) is 0.642. The van der Waals surface area contributed by atoms with Gasteiger partial charge in [0.25, 0.3) is 0 Å². The van der Waals surface area contributed by atoms with E-state index in [-0.39, 0.29) is 5.13 Å². The molecule has 1 aromatic heterocycles. The average Bonchev–Trinajstić information content (AvgIpc) is 2.47.